The standard InChI is InChI=1S/C22H23N5O3S/c1-10(2)20-25-15-9-14(7-8-16(15)30-20)24-19(28)18-13(5)23-21(31-18)17-11(3)12(4)26-27(6)22(17)29/h7-10H,1-6H3,(H,24,28). The van der Waals surface area contributed by atoms with E-state index in [1.54, 1.807) is 32.2 Å². The Balaban J connectivity index is 1.66. The van der Waals surface area contributed by atoms with E-state index in [2.05, 4.69) is 20.4 Å². The number of fused-ring (bicyclic) bond motifs is 1. The Labute approximate surface area is 183 Å². The minimum atomic E-state index is -0.284. The minimum absolute atomic E-state index is 0.177. The Morgan fingerprint density at radius 2 is 1.90 bits per heavy atom. The molecule has 4 rings (SSSR count). The molecule has 0 saturated carbocycles. The van der Waals surface area contributed by atoms with Gasteiger partial charge in [0.25, 0.3) is 11.5 Å². The zero-order chi connectivity index (χ0) is 22.4. The van der Waals surface area contributed by atoms with Gasteiger partial charge in [-0.3, -0.25) is 9.59 Å². The van der Waals surface area contributed by atoms with Crippen molar-refractivity contribution < 1.29 is 9.21 Å². The number of aryl methyl sites for hydroxylation is 3. The third-order valence-electron chi connectivity index (χ3n) is 5.10. The van der Waals surface area contributed by atoms with E-state index in [0.717, 1.165) is 11.3 Å². The lowest BCUT2D eigenvalue weighted by Crippen LogP contribution is -2.23. The highest BCUT2D eigenvalue weighted by molar-refractivity contribution is 7.17. The smallest absolute Gasteiger partial charge is 0.277 e. The van der Waals surface area contributed by atoms with Gasteiger partial charge in [-0.25, -0.2) is 14.6 Å². The van der Waals surface area contributed by atoms with Gasteiger partial charge in [-0.05, 0) is 44.5 Å². The second-order valence-electron chi connectivity index (χ2n) is 7.79. The number of nitrogens with zero attached hydrogens (tertiary/aromatic N) is 4. The number of hydrogen-bond donors (Lipinski definition) is 1. The summed E-state index contributed by atoms with van der Waals surface area (Å²) in [4.78, 5) is 35.0. The molecule has 9 heteroatoms. The average molecular weight is 438 g/mol. The van der Waals surface area contributed by atoms with E-state index in [9.17, 15) is 9.59 Å². The number of thiazole rings is 1. The molecule has 0 bridgehead atoms. The predicted octanol–water partition coefficient (Wildman–Crippen LogP) is 4.35. The van der Waals surface area contributed by atoms with Crippen LogP contribution in [0.25, 0.3) is 21.7 Å². The van der Waals surface area contributed by atoms with Crippen LogP contribution < -0.4 is 10.9 Å². The number of amides is 1. The van der Waals surface area contributed by atoms with Crippen LogP contribution in [0.3, 0.4) is 0 Å². The monoisotopic (exact) mass is 437 g/mol. The van der Waals surface area contributed by atoms with Crippen molar-refractivity contribution in [2.24, 2.45) is 7.05 Å². The molecule has 0 fully saturated rings. The number of oxazole rings is 1. The van der Waals surface area contributed by atoms with Gasteiger partial charge in [0.1, 0.15) is 15.4 Å². The zero-order valence-electron chi connectivity index (χ0n) is 18.2. The summed E-state index contributed by atoms with van der Waals surface area (Å²) in [5, 5.41) is 7.62. The highest BCUT2D eigenvalue weighted by Gasteiger charge is 2.21. The van der Waals surface area contributed by atoms with Crippen molar-refractivity contribution in [3.8, 4) is 10.6 Å². The van der Waals surface area contributed by atoms with Gasteiger partial charge in [0.05, 0.1) is 17.0 Å². The second kappa shape index (κ2) is 7.73. The van der Waals surface area contributed by atoms with E-state index in [4.69, 9.17) is 4.42 Å². The van der Waals surface area contributed by atoms with E-state index >= 15 is 0 Å². The lowest BCUT2D eigenvalue weighted by Gasteiger charge is -2.07. The molecule has 1 N–H and O–H groups in total. The van der Waals surface area contributed by atoms with E-state index < -0.39 is 0 Å². The molecule has 0 spiro atoms. The fourth-order valence-electron chi connectivity index (χ4n) is 3.27. The number of anilines is 1. The first-order chi connectivity index (χ1) is 14.7. The summed E-state index contributed by atoms with van der Waals surface area (Å²) in [6, 6.07) is 5.35. The molecular weight excluding hydrogens is 414 g/mol. The highest BCUT2D eigenvalue weighted by atomic mass is 32.1. The quantitative estimate of drug-likeness (QED) is 0.509. The number of carbonyl (C=O) groups is 1. The summed E-state index contributed by atoms with van der Waals surface area (Å²) < 4.78 is 7.02. The lowest BCUT2D eigenvalue weighted by atomic mass is 10.1. The molecule has 31 heavy (non-hydrogen) atoms. The maximum absolute atomic E-state index is 13.0. The van der Waals surface area contributed by atoms with Gasteiger partial charge in [0.15, 0.2) is 11.5 Å². The molecule has 3 heterocycles. The normalized spacial score (nSPS) is 11.5. The van der Waals surface area contributed by atoms with E-state index in [-0.39, 0.29) is 17.4 Å². The number of benzene rings is 1. The molecule has 4 aromatic rings. The van der Waals surface area contributed by atoms with E-state index in [1.807, 2.05) is 27.7 Å². The van der Waals surface area contributed by atoms with Crippen molar-refractivity contribution in [2.75, 3.05) is 5.32 Å². The maximum Gasteiger partial charge on any atom is 0.277 e. The fraction of sp³-hybridized carbons (Fsp3) is 0.318. The van der Waals surface area contributed by atoms with Gasteiger partial charge in [-0.2, -0.15) is 5.10 Å². The summed E-state index contributed by atoms with van der Waals surface area (Å²) in [6.07, 6.45) is 0. The van der Waals surface area contributed by atoms with Gasteiger partial charge in [-0.15, -0.1) is 11.3 Å². The molecule has 0 radical (unpaired) electrons. The average Bonchev–Trinajstić information content (AvgIpc) is 3.30. The van der Waals surface area contributed by atoms with Crippen LogP contribution in [-0.2, 0) is 7.05 Å². The summed E-state index contributed by atoms with van der Waals surface area (Å²) in [5.41, 5.74) is 4.31. The Kier molecular flexibility index (Phi) is 5.22. The van der Waals surface area contributed by atoms with Crippen LogP contribution in [-0.4, -0.2) is 25.7 Å². The molecule has 0 atom stereocenters. The van der Waals surface area contributed by atoms with Crippen LogP contribution >= 0.6 is 11.3 Å². The van der Waals surface area contributed by atoms with Crippen LogP contribution in [0.2, 0.25) is 0 Å². The van der Waals surface area contributed by atoms with Crippen LogP contribution in [0.4, 0.5) is 5.69 Å². The zero-order valence-corrected chi connectivity index (χ0v) is 19.0. The minimum Gasteiger partial charge on any atom is -0.440 e. The fourth-order valence-corrected chi connectivity index (χ4v) is 4.33. The molecule has 1 amide bonds. The van der Waals surface area contributed by atoms with Gasteiger partial charge < -0.3 is 9.73 Å². The number of rotatable bonds is 4. The van der Waals surface area contributed by atoms with E-state index in [1.165, 1.54) is 16.0 Å². The molecular formula is C22H23N5O3S. The van der Waals surface area contributed by atoms with E-state index in [0.29, 0.717) is 43.8 Å². The summed E-state index contributed by atoms with van der Waals surface area (Å²) in [6.45, 7) is 9.47. The number of aromatic nitrogens is 4. The maximum atomic E-state index is 13.0. The first-order valence-corrected chi connectivity index (χ1v) is 10.7. The lowest BCUT2D eigenvalue weighted by molar-refractivity contribution is 0.103. The van der Waals surface area contributed by atoms with Gasteiger partial charge in [0.2, 0.25) is 0 Å². The molecule has 0 aliphatic rings. The number of hydrogen-bond acceptors (Lipinski definition) is 7. The largest absolute Gasteiger partial charge is 0.440 e. The predicted molar refractivity (Wildman–Crippen MR) is 121 cm³/mol. The summed E-state index contributed by atoms with van der Waals surface area (Å²) in [7, 11) is 1.61. The summed E-state index contributed by atoms with van der Waals surface area (Å²) in [5.74, 6) is 0.552. The van der Waals surface area contributed by atoms with Crippen LogP contribution in [0.15, 0.2) is 27.4 Å². The third kappa shape index (κ3) is 3.76. The highest BCUT2D eigenvalue weighted by Crippen LogP contribution is 2.30. The Hall–Kier alpha value is -3.33. The first kappa shape index (κ1) is 20.9. The molecule has 0 aliphatic carbocycles. The molecule has 1 aromatic carbocycles. The van der Waals surface area contributed by atoms with Crippen molar-refractivity contribution in [1.29, 1.82) is 0 Å². The second-order valence-corrected chi connectivity index (χ2v) is 8.79. The molecule has 0 unspecified atom stereocenters. The molecule has 160 valence electrons. The number of nitrogens with one attached hydrogen (secondary N) is 1. The number of carbonyl (C=O) groups excluding carboxylic acids is 1. The molecule has 0 aliphatic heterocycles. The Morgan fingerprint density at radius 1 is 1.16 bits per heavy atom. The molecule has 3 aromatic heterocycles. The SMILES string of the molecule is Cc1nc(-c2c(C)c(C)nn(C)c2=O)sc1C(=O)Nc1ccc2oc(C(C)C)nc2c1. The van der Waals surface area contributed by atoms with Crippen molar-refractivity contribution in [3.05, 3.63) is 56.3 Å². The Bertz CT molecular complexity index is 1380. The van der Waals surface area contributed by atoms with Gasteiger partial charge in [-0.1, -0.05) is 13.8 Å². The van der Waals surface area contributed by atoms with Crippen molar-refractivity contribution in [2.45, 2.75) is 40.5 Å². The summed E-state index contributed by atoms with van der Waals surface area (Å²) >= 11 is 1.20. The third-order valence-corrected chi connectivity index (χ3v) is 6.27. The van der Waals surface area contributed by atoms with Crippen molar-refractivity contribution in [1.82, 2.24) is 19.7 Å². The van der Waals surface area contributed by atoms with Crippen molar-refractivity contribution in [3.63, 3.8) is 0 Å². The van der Waals surface area contributed by atoms with Crippen LogP contribution in [0.5, 0.6) is 0 Å². The van der Waals surface area contributed by atoms with Gasteiger partial charge in [0, 0.05) is 18.7 Å². The molecule has 0 saturated heterocycles. The van der Waals surface area contributed by atoms with Gasteiger partial charge >= 0.3 is 0 Å². The van der Waals surface area contributed by atoms with Crippen LogP contribution in [0, 0.1) is 20.8 Å². The van der Waals surface area contributed by atoms with Crippen LogP contribution in [0.1, 0.15) is 52.3 Å². The Morgan fingerprint density at radius 3 is 2.61 bits per heavy atom. The molecule has 8 nitrogen and oxygen atoms in total. The topological polar surface area (TPSA) is 103 Å². The van der Waals surface area contributed by atoms with Crippen molar-refractivity contribution >= 4 is 34.0 Å². The first-order valence-electron chi connectivity index (χ1n) is 9.90.